The lowest BCUT2D eigenvalue weighted by molar-refractivity contribution is -0.163. The average molecular weight is 378 g/mol. The lowest BCUT2D eigenvalue weighted by Crippen LogP contribution is -2.31. The van der Waals surface area contributed by atoms with E-state index in [0.29, 0.717) is 6.42 Å². The summed E-state index contributed by atoms with van der Waals surface area (Å²) in [6.45, 7) is 3.41. The van der Waals surface area contributed by atoms with E-state index in [1.165, 1.54) is 6.08 Å². The van der Waals surface area contributed by atoms with Crippen LogP contribution in [0.5, 0.6) is 5.75 Å². The van der Waals surface area contributed by atoms with Crippen LogP contribution in [-0.4, -0.2) is 43.5 Å². The minimum Gasteiger partial charge on any atom is -0.497 e. The Morgan fingerprint density at radius 1 is 1.19 bits per heavy atom. The van der Waals surface area contributed by atoms with E-state index in [1.54, 1.807) is 25.3 Å². The van der Waals surface area contributed by atoms with Crippen LogP contribution in [0.2, 0.25) is 0 Å². The Morgan fingerprint density at radius 3 is 2.44 bits per heavy atom. The first-order valence-corrected chi connectivity index (χ1v) is 9.34. The van der Waals surface area contributed by atoms with Crippen LogP contribution in [0.15, 0.2) is 30.3 Å². The van der Waals surface area contributed by atoms with E-state index >= 15 is 0 Å². The number of ether oxygens (including phenoxy) is 3. The molecule has 0 radical (unpaired) electrons. The second-order valence-electron chi connectivity index (χ2n) is 6.23. The molecule has 0 spiro atoms. The van der Waals surface area contributed by atoms with Crippen LogP contribution in [0, 0.1) is 5.92 Å². The molecule has 0 aromatic heterocycles. The van der Waals surface area contributed by atoms with Gasteiger partial charge in [-0.1, -0.05) is 38.8 Å². The van der Waals surface area contributed by atoms with Crippen LogP contribution in [-0.2, 0) is 19.1 Å². The molecule has 1 aromatic carbocycles. The Balaban J connectivity index is 2.46. The molecule has 27 heavy (non-hydrogen) atoms. The summed E-state index contributed by atoms with van der Waals surface area (Å²) >= 11 is 0. The fourth-order valence-corrected chi connectivity index (χ4v) is 2.43. The zero-order valence-corrected chi connectivity index (χ0v) is 16.3. The fourth-order valence-electron chi connectivity index (χ4n) is 2.43. The predicted octanol–water partition coefficient (Wildman–Crippen LogP) is 3.37. The molecule has 0 fully saturated rings. The number of benzene rings is 1. The number of rotatable bonds is 12. The van der Waals surface area contributed by atoms with Gasteiger partial charge in [-0.05, 0) is 36.6 Å². The Labute approximate surface area is 161 Å². The van der Waals surface area contributed by atoms with Crippen molar-refractivity contribution >= 4 is 18.0 Å². The number of aliphatic hydroxyl groups is 1. The fraction of sp³-hybridized carbons (Fsp3) is 0.524. The van der Waals surface area contributed by atoms with Crippen molar-refractivity contribution in [1.82, 2.24) is 0 Å². The molecule has 1 N–H and O–H groups in total. The minimum absolute atomic E-state index is 0.182. The molecular weight excluding hydrogens is 348 g/mol. The standard InChI is InChI=1S/C21H30O6/c1-4-6-7-17(5-2)21(24)27-19(14-22)15-26-20(23)13-10-16-8-11-18(25-3)12-9-16/h8-13,17,19,22H,4-7,14-15H2,1-3H3/b13-10+. The van der Waals surface area contributed by atoms with Crippen LogP contribution < -0.4 is 4.74 Å². The molecule has 0 aliphatic rings. The first-order chi connectivity index (χ1) is 13.0. The topological polar surface area (TPSA) is 82.1 Å². The lowest BCUT2D eigenvalue weighted by Gasteiger charge is -2.19. The molecule has 2 unspecified atom stereocenters. The monoisotopic (exact) mass is 378 g/mol. The maximum atomic E-state index is 12.2. The van der Waals surface area contributed by atoms with Crippen molar-refractivity contribution in [3.63, 3.8) is 0 Å². The molecular formula is C21H30O6. The van der Waals surface area contributed by atoms with Crippen LogP contribution in [0.1, 0.15) is 45.1 Å². The van der Waals surface area contributed by atoms with Crippen molar-refractivity contribution in [2.45, 2.75) is 45.6 Å². The highest BCUT2D eigenvalue weighted by Crippen LogP contribution is 2.16. The van der Waals surface area contributed by atoms with E-state index in [2.05, 4.69) is 6.92 Å². The molecule has 0 saturated heterocycles. The van der Waals surface area contributed by atoms with Gasteiger partial charge in [-0.3, -0.25) is 4.79 Å². The number of hydrogen-bond donors (Lipinski definition) is 1. The normalized spacial score (nSPS) is 13.2. The van der Waals surface area contributed by atoms with Gasteiger partial charge in [-0.15, -0.1) is 0 Å². The largest absolute Gasteiger partial charge is 0.497 e. The van der Waals surface area contributed by atoms with Gasteiger partial charge in [0.25, 0.3) is 0 Å². The Bertz CT molecular complexity index is 593. The number of aliphatic hydroxyl groups excluding tert-OH is 1. The van der Waals surface area contributed by atoms with Gasteiger partial charge in [0.05, 0.1) is 19.6 Å². The third-order valence-electron chi connectivity index (χ3n) is 4.16. The molecule has 0 saturated carbocycles. The maximum Gasteiger partial charge on any atom is 0.330 e. The van der Waals surface area contributed by atoms with E-state index in [-0.39, 0.29) is 18.5 Å². The molecule has 2 atom stereocenters. The van der Waals surface area contributed by atoms with Crippen molar-refractivity contribution in [2.24, 2.45) is 5.92 Å². The first kappa shape index (κ1) is 22.7. The highest BCUT2D eigenvalue weighted by molar-refractivity contribution is 5.87. The highest BCUT2D eigenvalue weighted by Gasteiger charge is 2.22. The molecule has 0 aliphatic heterocycles. The van der Waals surface area contributed by atoms with Crippen molar-refractivity contribution in [3.8, 4) is 5.75 Å². The van der Waals surface area contributed by atoms with E-state index in [4.69, 9.17) is 14.2 Å². The van der Waals surface area contributed by atoms with Crippen LogP contribution in [0.4, 0.5) is 0 Å². The second kappa shape index (κ2) is 12.9. The molecule has 0 heterocycles. The quantitative estimate of drug-likeness (QED) is 0.444. The van der Waals surface area contributed by atoms with Gasteiger partial charge in [-0.25, -0.2) is 4.79 Å². The highest BCUT2D eigenvalue weighted by atomic mass is 16.6. The van der Waals surface area contributed by atoms with Gasteiger partial charge in [-0.2, -0.15) is 0 Å². The van der Waals surface area contributed by atoms with Crippen molar-refractivity contribution in [2.75, 3.05) is 20.3 Å². The van der Waals surface area contributed by atoms with Gasteiger partial charge in [0.15, 0.2) is 6.10 Å². The molecule has 0 amide bonds. The number of esters is 2. The summed E-state index contributed by atoms with van der Waals surface area (Å²) in [7, 11) is 1.58. The summed E-state index contributed by atoms with van der Waals surface area (Å²) in [6.07, 6.45) is 5.43. The molecule has 6 nitrogen and oxygen atoms in total. The third kappa shape index (κ3) is 8.73. The third-order valence-corrected chi connectivity index (χ3v) is 4.16. The van der Waals surface area contributed by atoms with Crippen LogP contribution in [0.25, 0.3) is 6.08 Å². The van der Waals surface area contributed by atoms with Gasteiger partial charge in [0, 0.05) is 6.08 Å². The molecule has 6 heteroatoms. The number of carbonyl (C=O) groups excluding carboxylic acids is 2. The predicted molar refractivity (Wildman–Crippen MR) is 103 cm³/mol. The van der Waals surface area contributed by atoms with E-state index in [0.717, 1.165) is 30.6 Å². The van der Waals surface area contributed by atoms with Crippen LogP contribution in [0.3, 0.4) is 0 Å². The van der Waals surface area contributed by atoms with Gasteiger partial charge >= 0.3 is 11.9 Å². The Kier molecular flexibility index (Phi) is 10.9. The van der Waals surface area contributed by atoms with E-state index in [9.17, 15) is 14.7 Å². The molecule has 1 aromatic rings. The molecule has 0 aliphatic carbocycles. The van der Waals surface area contributed by atoms with E-state index < -0.39 is 18.7 Å². The zero-order valence-electron chi connectivity index (χ0n) is 16.3. The average Bonchev–Trinajstić information content (AvgIpc) is 2.70. The summed E-state index contributed by atoms with van der Waals surface area (Å²) in [6, 6.07) is 7.19. The minimum atomic E-state index is -0.855. The number of carbonyl (C=O) groups is 2. The van der Waals surface area contributed by atoms with Gasteiger partial charge < -0.3 is 19.3 Å². The smallest absolute Gasteiger partial charge is 0.330 e. The van der Waals surface area contributed by atoms with E-state index in [1.807, 2.05) is 19.1 Å². The van der Waals surface area contributed by atoms with Gasteiger partial charge in [0.1, 0.15) is 12.4 Å². The molecule has 1 rings (SSSR count). The zero-order chi connectivity index (χ0) is 20.1. The molecule has 150 valence electrons. The first-order valence-electron chi connectivity index (χ1n) is 9.34. The number of methoxy groups -OCH3 is 1. The summed E-state index contributed by atoms with van der Waals surface area (Å²) < 4.78 is 15.4. The number of hydrogen-bond acceptors (Lipinski definition) is 6. The maximum absolute atomic E-state index is 12.2. The lowest BCUT2D eigenvalue weighted by atomic mass is 10.00. The summed E-state index contributed by atoms with van der Waals surface area (Å²) in [5.74, 6) is -0.385. The van der Waals surface area contributed by atoms with Gasteiger partial charge in [0.2, 0.25) is 0 Å². The molecule has 0 bridgehead atoms. The van der Waals surface area contributed by atoms with Crippen molar-refractivity contribution < 1.29 is 28.9 Å². The SMILES string of the molecule is CCCCC(CC)C(=O)OC(CO)COC(=O)/C=C/c1ccc(OC)cc1. The summed E-state index contributed by atoms with van der Waals surface area (Å²) in [5, 5.41) is 9.38. The van der Waals surface area contributed by atoms with Crippen LogP contribution >= 0.6 is 0 Å². The van der Waals surface area contributed by atoms with Crippen molar-refractivity contribution in [1.29, 1.82) is 0 Å². The Morgan fingerprint density at radius 2 is 1.89 bits per heavy atom. The summed E-state index contributed by atoms with van der Waals surface area (Å²) in [5.41, 5.74) is 0.819. The second-order valence-corrected chi connectivity index (χ2v) is 6.23. The number of unbranched alkanes of at least 4 members (excludes halogenated alkanes) is 1. The summed E-state index contributed by atoms with van der Waals surface area (Å²) in [4.78, 5) is 24.0. The van der Waals surface area contributed by atoms with Crippen molar-refractivity contribution in [3.05, 3.63) is 35.9 Å². The Hall–Kier alpha value is -2.34.